The molecule has 2 aromatic carbocycles. The van der Waals surface area contributed by atoms with Gasteiger partial charge in [-0.15, -0.1) is 0 Å². The predicted molar refractivity (Wildman–Crippen MR) is 103 cm³/mol. The zero-order valence-corrected chi connectivity index (χ0v) is 16.3. The normalized spacial score (nSPS) is 11.3. The van der Waals surface area contributed by atoms with Gasteiger partial charge in [0.15, 0.2) is 0 Å². The summed E-state index contributed by atoms with van der Waals surface area (Å²) < 4.78 is 25.7. The van der Waals surface area contributed by atoms with E-state index in [0.29, 0.717) is 19.4 Å². The van der Waals surface area contributed by atoms with Crippen molar-refractivity contribution in [1.29, 1.82) is 0 Å². The number of hydrogen-bond acceptors (Lipinski definition) is 3. The lowest BCUT2D eigenvalue weighted by molar-refractivity contribution is -0.130. The molecule has 0 saturated heterocycles. The van der Waals surface area contributed by atoms with Crippen LogP contribution in [0.5, 0.6) is 0 Å². The van der Waals surface area contributed by atoms with E-state index in [1.165, 1.54) is 12.6 Å². The number of carbonyl (C=O) groups is 1. The quantitative estimate of drug-likeness (QED) is 0.773. The topological polar surface area (TPSA) is 66.5 Å². The van der Waals surface area contributed by atoms with Gasteiger partial charge in [-0.25, -0.2) is 13.1 Å². The van der Waals surface area contributed by atoms with Crippen LogP contribution in [0, 0.1) is 0 Å². The number of benzene rings is 2. The molecule has 0 atom stereocenters. The maximum atomic E-state index is 12.3. The second-order valence-electron chi connectivity index (χ2n) is 6.27. The number of nitrogens with zero attached hydrogens (tertiary/aromatic N) is 1. The molecule has 0 unspecified atom stereocenters. The maximum absolute atomic E-state index is 12.3. The highest BCUT2D eigenvalue weighted by Crippen LogP contribution is 2.13. The molecular weight excluding hydrogens is 348 g/mol. The third-order valence-corrected chi connectivity index (χ3v) is 5.84. The highest BCUT2D eigenvalue weighted by molar-refractivity contribution is 7.89. The van der Waals surface area contributed by atoms with E-state index in [2.05, 4.69) is 35.9 Å². The summed E-state index contributed by atoms with van der Waals surface area (Å²) in [5.74, 6) is 0.0662. The van der Waals surface area contributed by atoms with Crippen LogP contribution in [0.15, 0.2) is 53.4 Å². The number of hydrogen-bond donors (Lipinski definition) is 1. The molecule has 0 bridgehead atoms. The van der Waals surface area contributed by atoms with Gasteiger partial charge in [0, 0.05) is 20.0 Å². The average Bonchev–Trinajstić information content (AvgIpc) is 2.67. The standard InChI is InChI=1S/C20H26N2O3S/c1-4-16-5-7-18(8-6-16)15-22(3)20(23)14-11-17-9-12-19(13-10-17)26(24,25)21-2/h5-10,12-13,21H,4,11,14-15H2,1-3H3. The Morgan fingerprint density at radius 2 is 1.50 bits per heavy atom. The minimum absolute atomic E-state index is 0.0662. The van der Waals surface area contributed by atoms with Gasteiger partial charge < -0.3 is 4.90 Å². The van der Waals surface area contributed by atoms with Gasteiger partial charge in [0.2, 0.25) is 15.9 Å². The van der Waals surface area contributed by atoms with Crippen molar-refractivity contribution in [2.75, 3.05) is 14.1 Å². The molecule has 0 fully saturated rings. The summed E-state index contributed by atoms with van der Waals surface area (Å²) in [5.41, 5.74) is 3.33. The molecule has 0 aliphatic heterocycles. The zero-order valence-electron chi connectivity index (χ0n) is 15.5. The Kier molecular flexibility index (Phi) is 6.94. The van der Waals surface area contributed by atoms with Crippen molar-refractivity contribution in [2.45, 2.75) is 37.6 Å². The van der Waals surface area contributed by atoms with E-state index in [-0.39, 0.29) is 10.8 Å². The molecule has 2 rings (SSSR count). The number of carbonyl (C=O) groups excluding carboxylic acids is 1. The third kappa shape index (κ3) is 5.41. The second-order valence-corrected chi connectivity index (χ2v) is 8.16. The van der Waals surface area contributed by atoms with Crippen LogP contribution in [-0.4, -0.2) is 33.3 Å². The fourth-order valence-electron chi connectivity index (χ4n) is 2.64. The van der Waals surface area contributed by atoms with Gasteiger partial charge in [0.25, 0.3) is 0 Å². The first-order valence-electron chi connectivity index (χ1n) is 8.70. The van der Waals surface area contributed by atoms with Crippen molar-refractivity contribution in [3.63, 3.8) is 0 Å². The molecular formula is C20H26N2O3S. The molecule has 140 valence electrons. The minimum Gasteiger partial charge on any atom is -0.341 e. The van der Waals surface area contributed by atoms with Crippen LogP contribution in [0.2, 0.25) is 0 Å². The molecule has 0 aromatic heterocycles. The van der Waals surface area contributed by atoms with E-state index >= 15 is 0 Å². The number of rotatable bonds is 8. The van der Waals surface area contributed by atoms with Crippen LogP contribution in [0.25, 0.3) is 0 Å². The summed E-state index contributed by atoms with van der Waals surface area (Å²) in [4.78, 5) is 14.3. The van der Waals surface area contributed by atoms with Gasteiger partial charge in [-0.3, -0.25) is 4.79 Å². The van der Waals surface area contributed by atoms with Gasteiger partial charge in [-0.05, 0) is 48.7 Å². The first-order valence-corrected chi connectivity index (χ1v) is 10.2. The Morgan fingerprint density at radius 1 is 0.962 bits per heavy atom. The monoisotopic (exact) mass is 374 g/mol. The van der Waals surface area contributed by atoms with Gasteiger partial charge in [-0.1, -0.05) is 43.3 Å². The van der Waals surface area contributed by atoms with E-state index in [1.54, 1.807) is 36.2 Å². The summed E-state index contributed by atoms with van der Waals surface area (Å²) in [6, 6.07) is 14.9. The SMILES string of the molecule is CCc1ccc(CN(C)C(=O)CCc2ccc(S(=O)(=O)NC)cc2)cc1. The molecule has 5 nitrogen and oxygen atoms in total. The molecule has 6 heteroatoms. The molecule has 0 aliphatic carbocycles. The fraction of sp³-hybridized carbons (Fsp3) is 0.350. The molecule has 2 aromatic rings. The van der Waals surface area contributed by atoms with Crippen molar-refractivity contribution >= 4 is 15.9 Å². The van der Waals surface area contributed by atoms with Crippen molar-refractivity contribution in [1.82, 2.24) is 9.62 Å². The lowest BCUT2D eigenvalue weighted by atomic mass is 10.1. The molecule has 0 heterocycles. The summed E-state index contributed by atoms with van der Waals surface area (Å²) in [6.07, 6.45) is 1.98. The van der Waals surface area contributed by atoms with E-state index in [0.717, 1.165) is 17.5 Å². The minimum atomic E-state index is -3.42. The number of sulfonamides is 1. The number of aryl methyl sites for hydroxylation is 2. The highest BCUT2D eigenvalue weighted by Gasteiger charge is 2.12. The maximum Gasteiger partial charge on any atom is 0.240 e. The van der Waals surface area contributed by atoms with Crippen LogP contribution in [0.1, 0.15) is 30.0 Å². The fourth-order valence-corrected chi connectivity index (χ4v) is 3.37. The average molecular weight is 375 g/mol. The summed E-state index contributed by atoms with van der Waals surface area (Å²) >= 11 is 0. The smallest absolute Gasteiger partial charge is 0.240 e. The third-order valence-electron chi connectivity index (χ3n) is 4.41. The van der Waals surface area contributed by atoms with Crippen LogP contribution in [-0.2, 0) is 34.2 Å². The molecule has 1 amide bonds. The van der Waals surface area contributed by atoms with Crippen LogP contribution >= 0.6 is 0 Å². The first kappa shape index (κ1) is 20.1. The van der Waals surface area contributed by atoms with Crippen molar-refractivity contribution in [2.24, 2.45) is 0 Å². The summed E-state index contributed by atoms with van der Waals surface area (Å²) in [5, 5.41) is 0. The second kappa shape index (κ2) is 8.96. The lowest BCUT2D eigenvalue weighted by Crippen LogP contribution is -2.26. The van der Waals surface area contributed by atoms with Crippen LogP contribution in [0.4, 0.5) is 0 Å². The first-order chi connectivity index (χ1) is 12.4. The largest absolute Gasteiger partial charge is 0.341 e. The van der Waals surface area contributed by atoms with Gasteiger partial charge in [0.05, 0.1) is 4.90 Å². The molecule has 1 N–H and O–H groups in total. The molecule has 0 aliphatic rings. The van der Waals surface area contributed by atoms with Crippen molar-refractivity contribution < 1.29 is 13.2 Å². The molecule has 0 radical (unpaired) electrons. The van der Waals surface area contributed by atoms with Gasteiger partial charge in [0.1, 0.15) is 0 Å². The van der Waals surface area contributed by atoms with E-state index < -0.39 is 10.0 Å². The Bertz CT molecular complexity index is 828. The van der Waals surface area contributed by atoms with Gasteiger partial charge >= 0.3 is 0 Å². The Balaban J connectivity index is 1.89. The molecule has 0 spiro atoms. The molecule has 0 saturated carbocycles. The summed E-state index contributed by atoms with van der Waals surface area (Å²) in [6.45, 7) is 2.70. The van der Waals surface area contributed by atoms with Crippen LogP contribution < -0.4 is 4.72 Å². The highest BCUT2D eigenvalue weighted by atomic mass is 32.2. The number of nitrogens with one attached hydrogen (secondary N) is 1. The van der Waals surface area contributed by atoms with E-state index in [9.17, 15) is 13.2 Å². The van der Waals surface area contributed by atoms with E-state index in [4.69, 9.17) is 0 Å². The summed E-state index contributed by atoms with van der Waals surface area (Å²) in [7, 11) is -0.238. The predicted octanol–water partition coefficient (Wildman–Crippen LogP) is 2.75. The number of amides is 1. The van der Waals surface area contributed by atoms with Crippen molar-refractivity contribution in [3.05, 3.63) is 65.2 Å². The Labute approximate surface area is 156 Å². The van der Waals surface area contributed by atoms with Crippen LogP contribution in [0.3, 0.4) is 0 Å². The Hall–Kier alpha value is -2.18. The Morgan fingerprint density at radius 3 is 2.04 bits per heavy atom. The van der Waals surface area contributed by atoms with E-state index in [1.807, 2.05) is 0 Å². The zero-order chi connectivity index (χ0) is 19.2. The van der Waals surface area contributed by atoms with Crippen molar-refractivity contribution in [3.8, 4) is 0 Å². The molecule has 26 heavy (non-hydrogen) atoms. The van der Waals surface area contributed by atoms with Gasteiger partial charge in [-0.2, -0.15) is 0 Å². The lowest BCUT2D eigenvalue weighted by Gasteiger charge is -2.17.